The molecule has 1 aliphatic heterocycles. The number of nitrogens with two attached hydrogens (primary N) is 1. The number of hydrogen-bond acceptors (Lipinski definition) is 5. The van der Waals surface area contributed by atoms with Gasteiger partial charge >= 0.3 is 0 Å². The lowest BCUT2D eigenvalue weighted by molar-refractivity contribution is -0.119. The summed E-state index contributed by atoms with van der Waals surface area (Å²) >= 11 is 0. The van der Waals surface area contributed by atoms with E-state index in [9.17, 15) is 4.79 Å². The molecule has 0 spiro atoms. The normalized spacial score (nSPS) is 24.6. The van der Waals surface area contributed by atoms with Crippen LogP contribution in [0.25, 0.3) is 0 Å². The molecule has 2 unspecified atom stereocenters. The van der Waals surface area contributed by atoms with Crippen molar-refractivity contribution in [3.63, 3.8) is 0 Å². The number of Topliss-reactive ketones (excluding diaryl/α,β-unsaturated/α-hetero) is 1. The zero-order valence-corrected chi connectivity index (χ0v) is 9.85. The molecule has 3 atom stereocenters. The number of imidazole rings is 1. The molecule has 1 fully saturated rings. The van der Waals surface area contributed by atoms with Gasteiger partial charge in [0.25, 0.3) is 0 Å². The zero-order valence-electron chi connectivity index (χ0n) is 9.85. The van der Waals surface area contributed by atoms with E-state index in [1.165, 1.54) is 0 Å². The molecule has 1 aliphatic rings. The summed E-state index contributed by atoms with van der Waals surface area (Å²) in [5.74, 6) is 0.0987. The highest BCUT2D eigenvalue weighted by molar-refractivity contribution is 5.81. The first-order valence-electron chi connectivity index (χ1n) is 5.80. The number of aromatic amines is 1. The first-order chi connectivity index (χ1) is 8.20. The van der Waals surface area contributed by atoms with Gasteiger partial charge < -0.3 is 15.5 Å². The van der Waals surface area contributed by atoms with Crippen LogP contribution in [0.1, 0.15) is 19.0 Å². The zero-order chi connectivity index (χ0) is 12.3. The number of aromatic nitrogens is 2. The SMILES string of the molecule is CC(=O)[C@H](Cc1cnc[nH]1)NC1OC1CCN. The summed E-state index contributed by atoms with van der Waals surface area (Å²) in [5.41, 5.74) is 6.38. The molecule has 4 N–H and O–H groups in total. The van der Waals surface area contributed by atoms with Crippen LogP contribution in [0, 0.1) is 0 Å². The molecule has 1 saturated heterocycles. The van der Waals surface area contributed by atoms with E-state index in [1.54, 1.807) is 19.4 Å². The Kier molecular flexibility index (Phi) is 3.88. The molecular formula is C11H18N4O2. The molecule has 1 aromatic heterocycles. The van der Waals surface area contributed by atoms with Gasteiger partial charge in [0, 0.05) is 18.3 Å². The van der Waals surface area contributed by atoms with E-state index in [-0.39, 0.29) is 24.2 Å². The van der Waals surface area contributed by atoms with Gasteiger partial charge in [-0.2, -0.15) is 0 Å². The van der Waals surface area contributed by atoms with Crippen molar-refractivity contribution in [3.8, 4) is 0 Å². The van der Waals surface area contributed by atoms with Crippen LogP contribution in [-0.4, -0.2) is 40.7 Å². The molecule has 0 bridgehead atoms. The molecule has 94 valence electrons. The van der Waals surface area contributed by atoms with Gasteiger partial charge in [0.05, 0.1) is 12.4 Å². The van der Waals surface area contributed by atoms with Gasteiger partial charge in [-0.25, -0.2) is 4.98 Å². The fraction of sp³-hybridized carbons (Fsp3) is 0.636. The molecule has 0 radical (unpaired) electrons. The van der Waals surface area contributed by atoms with E-state index in [1.807, 2.05) is 0 Å². The molecular weight excluding hydrogens is 220 g/mol. The molecule has 0 aliphatic carbocycles. The molecule has 17 heavy (non-hydrogen) atoms. The summed E-state index contributed by atoms with van der Waals surface area (Å²) in [6.45, 7) is 2.18. The van der Waals surface area contributed by atoms with Crippen LogP contribution in [0.4, 0.5) is 0 Å². The second kappa shape index (κ2) is 5.39. The Morgan fingerprint density at radius 1 is 1.76 bits per heavy atom. The number of ether oxygens (including phenoxy) is 1. The summed E-state index contributed by atoms with van der Waals surface area (Å²) in [5, 5.41) is 3.19. The minimum atomic E-state index is -0.233. The fourth-order valence-electron chi connectivity index (χ4n) is 1.81. The van der Waals surface area contributed by atoms with Crippen LogP contribution in [0.15, 0.2) is 12.5 Å². The van der Waals surface area contributed by atoms with Crippen LogP contribution >= 0.6 is 0 Å². The monoisotopic (exact) mass is 238 g/mol. The largest absolute Gasteiger partial charge is 0.353 e. The second-order valence-electron chi connectivity index (χ2n) is 4.28. The van der Waals surface area contributed by atoms with Gasteiger partial charge in [0.2, 0.25) is 0 Å². The molecule has 0 aromatic carbocycles. The Hall–Kier alpha value is -1.24. The molecule has 0 amide bonds. The van der Waals surface area contributed by atoms with E-state index >= 15 is 0 Å². The van der Waals surface area contributed by atoms with Crippen molar-refractivity contribution in [2.45, 2.75) is 38.1 Å². The third-order valence-corrected chi connectivity index (χ3v) is 2.87. The van der Waals surface area contributed by atoms with Crippen LogP contribution in [0.5, 0.6) is 0 Å². The average molecular weight is 238 g/mol. The first kappa shape index (κ1) is 12.2. The van der Waals surface area contributed by atoms with Crippen molar-refractivity contribution >= 4 is 5.78 Å². The minimum Gasteiger partial charge on any atom is -0.353 e. The predicted molar refractivity (Wildman–Crippen MR) is 62.2 cm³/mol. The van der Waals surface area contributed by atoms with Gasteiger partial charge in [0.1, 0.15) is 18.1 Å². The summed E-state index contributed by atoms with van der Waals surface area (Å²) < 4.78 is 5.39. The summed E-state index contributed by atoms with van der Waals surface area (Å²) in [6, 6.07) is -0.233. The fourth-order valence-corrected chi connectivity index (χ4v) is 1.81. The quantitative estimate of drug-likeness (QED) is 0.560. The van der Waals surface area contributed by atoms with Gasteiger partial charge in [-0.1, -0.05) is 0 Å². The van der Waals surface area contributed by atoms with Crippen molar-refractivity contribution in [1.82, 2.24) is 15.3 Å². The highest BCUT2D eigenvalue weighted by Gasteiger charge is 2.39. The molecule has 0 saturated carbocycles. The van der Waals surface area contributed by atoms with Gasteiger partial charge in [-0.15, -0.1) is 0 Å². The van der Waals surface area contributed by atoms with E-state index in [0.717, 1.165) is 12.1 Å². The Labute approximate surface area is 99.9 Å². The predicted octanol–water partition coefficient (Wildman–Crippen LogP) is -0.427. The minimum absolute atomic E-state index is 0.0321. The second-order valence-corrected chi connectivity index (χ2v) is 4.28. The van der Waals surface area contributed by atoms with Crippen molar-refractivity contribution in [2.75, 3.05) is 6.54 Å². The maximum absolute atomic E-state index is 11.5. The first-order valence-corrected chi connectivity index (χ1v) is 5.80. The molecule has 1 aromatic rings. The lowest BCUT2D eigenvalue weighted by Gasteiger charge is -2.13. The Bertz CT molecular complexity index is 366. The average Bonchev–Trinajstić information content (AvgIpc) is 2.81. The molecule has 2 rings (SSSR count). The molecule has 6 nitrogen and oxygen atoms in total. The number of ketones is 1. The Morgan fingerprint density at radius 3 is 3.18 bits per heavy atom. The number of epoxide rings is 1. The Morgan fingerprint density at radius 2 is 2.59 bits per heavy atom. The standard InChI is InChI=1S/C11H18N4O2/c1-7(16)9(4-8-5-13-6-14-8)15-11-10(17-11)2-3-12/h5-6,9-11,15H,2-4,12H2,1H3,(H,13,14)/t9-,10?,11?/m0/s1. The van der Waals surface area contributed by atoms with E-state index in [4.69, 9.17) is 10.5 Å². The third kappa shape index (κ3) is 3.36. The topological polar surface area (TPSA) is 96.3 Å². The van der Waals surface area contributed by atoms with Gasteiger partial charge in [-0.05, 0) is 19.9 Å². The maximum Gasteiger partial charge on any atom is 0.147 e. The summed E-state index contributed by atoms with van der Waals surface area (Å²) in [7, 11) is 0. The van der Waals surface area contributed by atoms with Crippen molar-refractivity contribution in [2.24, 2.45) is 5.73 Å². The van der Waals surface area contributed by atoms with Gasteiger partial charge in [-0.3, -0.25) is 10.1 Å². The van der Waals surface area contributed by atoms with E-state index in [2.05, 4.69) is 15.3 Å². The number of carbonyl (C=O) groups excluding carboxylic acids is 1. The van der Waals surface area contributed by atoms with Crippen molar-refractivity contribution < 1.29 is 9.53 Å². The van der Waals surface area contributed by atoms with Crippen LogP contribution in [-0.2, 0) is 16.0 Å². The number of rotatable bonds is 7. The van der Waals surface area contributed by atoms with Crippen LogP contribution in [0.3, 0.4) is 0 Å². The number of carbonyl (C=O) groups is 1. The summed E-state index contributed by atoms with van der Waals surface area (Å²) in [6.07, 6.45) is 4.88. The number of nitrogens with one attached hydrogen (secondary N) is 2. The number of H-pyrrole nitrogens is 1. The third-order valence-electron chi connectivity index (χ3n) is 2.87. The molecule has 2 heterocycles. The highest BCUT2D eigenvalue weighted by atomic mass is 16.6. The van der Waals surface area contributed by atoms with Crippen LogP contribution < -0.4 is 11.1 Å². The lowest BCUT2D eigenvalue weighted by Crippen LogP contribution is -2.40. The van der Waals surface area contributed by atoms with Crippen molar-refractivity contribution in [1.29, 1.82) is 0 Å². The molecule has 6 heteroatoms. The van der Waals surface area contributed by atoms with Gasteiger partial charge in [0.15, 0.2) is 0 Å². The summed E-state index contributed by atoms with van der Waals surface area (Å²) in [4.78, 5) is 18.4. The maximum atomic E-state index is 11.5. The highest BCUT2D eigenvalue weighted by Crippen LogP contribution is 2.23. The van der Waals surface area contributed by atoms with Crippen molar-refractivity contribution in [3.05, 3.63) is 18.2 Å². The smallest absolute Gasteiger partial charge is 0.147 e. The van der Waals surface area contributed by atoms with Crippen LogP contribution in [0.2, 0.25) is 0 Å². The van der Waals surface area contributed by atoms with E-state index < -0.39 is 0 Å². The lowest BCUT2D eigenvalue weighted by atomic mass is 10.1. The number of nitrogens with zero attached hydrogens (tertiary/aromatic N) is 1. The van der Waals surface area contributed by atoms with E-state index in [0.29, 0.717) is 13.0 Å². The number of hydrogen-bond donors (Lipinski definition) is 3. The Balaban J connectivity index is 1.84.